The van der Waals surface area contributed by atoms with Gasteiger partial charge in [0.25, 0.3) is 0 Å². The maximum atomic E-state index is 11.9. The topological polar surface area (TPSA) is 71.3 Å². The van der Waals surface area contributed by atoms with Gasteiger partial charge in [-0.05, 0) is 18.1 Å². The third kappa shape index (κ3) is 3.89. The van der Waals surface area contributed by atoms with Crippen molar-refractivity contribution in [3.05, 3.63) is 23.8 Å². The lowest BCUT2D eigenvalue weighted by atomic mass is 9.96. The summed E-state index contributed by atoms with van der Waals surface area (Å²) >= 11 is 0. The largest absolute Gasteiger partial charge is 0.497 e. The average molecular weight is 276 g/mol. The quantitative estimate of drug-likeness (QED) is 0.864. The number of hydrogen-bond donors (Lipinski definition) is 1. The van der Waals surface area contributed by atoms with E-state index in [0.29, 0.717) is 18.0 Å². The van der Waals surface area contributed by atoms with Gasteiger partial charge in [-0.1, -0.05) is 13.8 Å². The van der Waals surface area contributed by atoms with E-state index in [4.69, 9.17) is 14.7 Å². The SMILES string of the molecule is COc1ccc(CNC(=O)C(C#N)C(C)C)c(OC)c1. The first kappa shape index (κ1) is 15.8. The van der Waals surface area contributed by atoms with Crippen LogP contribution < -0.4 is 14.8 Å². The van der Waals surface area contributed by atoms with Crippen LogP contribution in [-0.2, 0) is 11.3 Å². The zero-order valence-corrected chi connectivity index (χ0v) is 12.3. The van der Waals surface area contributed by atoms with E-state index < -0.39 is 5.92 Å². The lowest BCUT2D eigenvalue weighted by molar-refractivity contribution is -0.124. The van der Waals surface area contributed by atoms with Gasteiger partial charge in [-0.2, -0.15) is 5.26 Å². The van der Waals surface area contributed by atoms with Crippen LogP contribution in [0.3, 0.4) is 0 Å². The standard InChI is InChI=1S/C15H20N2O3/c1-10(2)13(8-16)15(18)17-9-11-5-6-12(19-3)7-14(11)20-4/h5-7,10,13H,9H2,1-4H3,(H,17,18). The summed E-state index contributed by atoms with van der Waals surface area (Å²) in [4.78, 5) is 11.9. The molecule has 1 rings (SSSR count). The van der Waals surface area contributed by atoms with Gasteiger partial charge < -0.3 is 14.8 Å². The highest BCUT2D eigenvalue weighted by atomic mass is 16.5. The van der Waals surface area contributed by atoms with Crippen LogP contribution in [0.1, 0.15) is 19.4 Å². The van der Waals surface area contributed by atoms with Gasteiger partial charge in [0.05, 0.1) is 20.3 Å². The molecule has 0 fully saturated rings. The summed E-state index contributed by atoms with van der Waals surface area (Å²) in [5.74, 6) is 0.411. The minimum atomic E-state index is -0.640. The molecule has 1 atom stereocenters. The monoisotopic (exact) mass is 276 g/mol. The van der Waals surface area contributed by atoms with Crippen molar-refractivity contribution in [3.8, 4) is 17.6 Å². The Morgan fingerprint density at radius 2 is 2.05 bits per heavy atom. The van der Waals surface area contributed by atoms with Gasteiger partial charge in [-0.3, -0.25) is 4.79 Å². The first-order chi connectivity index (χ1) is 9.53. The Morgan fingerprint density at radius 1 is 1.35 bits per heavy atom. The predicted octanol–water partition coefficient (Wildman–Crippen LogP) is 2.12. The van der Waals surface area contributed by atoms with Crippen LogP contribution in [-0.4, -0.2) is 20.1 Å². The van der Waals surface area contributed by atoms with Gasteiger partial charge in [-0.25, -0.2) is 0 Å². The minimum Gasteiger partial charge on any atom is -0.497 e. The molecule has 1 aromatic rings. The molecule has 1 aromatic carbocycles. The van der Waals surface area contributed by atoms with Gasteiger partial charge >= 0.3 is 0 Å². The molecule has 20 heavy (non-hydrogen) atoms. The fraction of sp³-hybridized carbons (Fsp3) is 0.467. The highest BCUT2D eigenvalue weighted by Gasteiger charge is 2.21. The van der Waals surface area contributed by atoms with E-state index in [2.05, 4.69) is 5.32 Å². The van der Waals surface area contributed by atoms with Crippen LogP contribution in [0.15, 0.2) is 18.2 Å². The van der Waals surface area contributed by atoms with Gasteiger partial charge in [-0.15, -0.1) is 0 Å². The number of ether oxygens (including phenoxy) is 2. The van der Waals surface area contributed by atoms with E-state index in [1.807, 2.05) is 26.0 Å². The van der Waals surface area contributed by atoms with Crippen molar-refractivity contribution in [2.45, 2.75) is 20.4 Å². The first-order valence-corrected chi connectivity index (χ1v) is 6.41. The van der Waals surface area contributed by atoms with Crippen molar-refractivity contribution < 1.29 is 14.3 Å². The van der Waals surface area contributed by atoms with Crippen LogP contribution in [0.4, 0.5) is 0 Å². The second-order valence-electron chi connectivity index (χ2n) is 4.75. The summed E-state index contributed by atoms with van der Waals surface area (Å²) in [5.41, 5.74) is 0.835. The molecule has 0 aliphatic heterocycles. The number of benzene rings is 1. The summed E-state index contributed by atoms with van der Waals surface area (Å²) < 4.78 is 10.4. The van der Waals surface area contributed by atoms with Gasteiger partial charge in [0.2, 0.25) is 5.91 Å². The summed E-state index contributed by atoms with van der Waals surface area (Å²) in [6.07, 6.45) is 0. The number of carbonyl (C=O) groups excluding carboxylic acids is 1. The molecule has 1 N–H and O–H groups in total. The van der Waals surface area contributed by atoms with Crippen LogP contribution in [0.25, 0.3) is 0 Å². The maximum absolute atomic E-state index is 11.9. The highest BCUT2D eigenvalue weighted by molar-refractivity contribution is 5.81. The molecule has 0 bridgehead atoms. The van der Waals surface area contributed by atoms with Gasteiger partial charge in [0.1, 0.15) is 17.4 Å². The Balaban J connectivity index is 2.75. The molecule has 0 heterocycles. The molecule has 5 heteroatoms. The molecule has 0 saturated heterocycles. The van der Waals surface area contributed by atoms with Crippen LogP contribution in [0.5, 0.6) is 11.5 Å². The second kappa shape index (κ2) is 7.39. The molecule has 108 valence electrons. The number of nitriles is 1. The molecular formula is C15H20N2O3. The Kier molecular flexibility index (Phi) is 5.85. The fourth-order valence-electron chi connectivity index (χ4n) is 1.80. The number of nitrogens with one attached hydrogen (secondary N) is 1. The second-order valence-corrected chi connectivity index (χ2v) is 4.75. The van der Waals surface area contributed by atoms with Crippen molar-refractivity contribution in [2.75, 3.05) is 14.2 Å². The lowest BCUT2D eigenvalue weighted by Gasteiger charge is -2.15. The fourth-order valence-corrected chi connectivity index (χ4v) is 1.80. The van der Waals surface area contributed by atoms with Gasteiger partial charge in [0, 0.05) is 18.2 Å². The van der Waals surface area contributed by atoms with Crippen LogP contribution in [0.2, 0.25) is 0 Å². The number of carbonyl (C=O) groups is 1. The van der Waals surface area contributed by atoms with Gasteiger partial charge in [0.15, 0.2) is 0 Å². The summed E-state index contributed by atoms with van der Waals surface area (Å²) in [6, 6.07) is 7.40. The third-order valence-corrected chi connectivity index (χ3v) is 3.04. The number of nitrogens with zero attached hydrogens (tertiary/aromatic N) is 1. The van der Waals surface area contributed by atoms with E-state index in [-0.39, 0.29) is 11.8 Å². The zero-order valence-electron chi connectivity index (χ0n) is 12.3. The van der Waals surface area contributed by atoms with Crippen molar-refractivity contribution in [2.24, 2.45) is 11.8 Å². The van der Waals surface area contributed by atoms with E-state index in [0.717, 1.165) is 5.56 Å². The Labute approximate surface area is 119 Å². The smallest absolute Gasteiger partial charge is 0.237 e. The van der Waals surface area contributed by atoms with Crippen molar-refractivity contribution in [1.29, 1.82) is 5.26 Å². The summed E-state index contributed by atoms with van der Waals surface area (Å²) in [5, 5.41) is 11.7. The molecule has 0 radical (unpaired) electrons. The molecule has 0 aromatic heterocycles. The summed E-state index contributed by atoms with van der Waals surface area (Å²) in [6.45, 7) is 4.01. The van der Waals surface area contributed by atoms with E-state index in [1.165, 1.54) is 0 Å². The van der Waals surface area contributed by atoms with Crippen molar-refractivity contribution in [1.82, 2.24) is 5.32 Å². The Hall–Kier alpha value is -2.22. The third-order valence-electron chi connectivity index (χ3n) is 3.04. The summed E-state index contributed by atoms with van der Waals surface area (Å²) in [7, 11) is 3.14. The van der Waals surface area contributed by atoms with Crippen LogP contribution >= 0.6 is 0 Å². The van der Waals surface area contributed by atoms with Crippen molar-refractivity contribution in [3.63, 3.8) is 0 Å². The van der Waals surface area contributed by atoms with Crippen molar-refractivity contribution >= 4 is 5.91 Å². The lowest BCUT2D eigenvalue weighted by Crippen LogP contribution is -2.32. The Morgan fingerprint density at radius 3 is 2.55 bits per heavy atom. The molecule has 0 spiro atoms. The first-order valence-electron chi connectivity index (χ1n) is 6.41. The average Bonchev–Trinajstić information content (AvgIpc) is 2.45. The number of rotatable bonds is 6. The molecule has 5 nitrogen and oxygen atoms in total. The number of hydrogen-bond acceptors (Lipinski definition) is 4. The maximum Gasteiger partial charge on any atom is 0.237 e. The zero-order chi connectivity index (χ0) is 15.1. The van der Waals surface area contributed by atoms with E-state index >= 15 is 0 Å². The van der Waals surface area contributed by atoms with Crippen LogP contribution in [0, 0.1) is 23.2 Å². The molecule has 1 unspecified atom stereocenters. The Bertz CT molecular complexity index is 506. The van der Waals surface area contributed by atoms with E-state index in [9.17, 15) is 4.79 Å². The number of methoxy groups -OCH3 is 2. The minimum absolute atomic E-state index is 0.0160. The normalized spacial score (nSPS) is 11.6. The molecule has 1 amide bonds. The van der Waals surface area contributed by atoms with E-state index in [1.54, 1.807) is 26.4 Å². The molecule has 0 aliphatic rings. The number of amides is 1. The molecule has 0 saturated carbocycles. The molecular weight excluding hydrogens is 256 g/mol. The predicted molar refractivity (Wildman–Crippen MR) is 75.3 cm³/mol. The highest BCUT2D eigenvalue weighted by Crippen LogP contribution is 2.24. The molecule has 0 aliphatic carbocycles.